The molecule has 1 saturated heterocycles. The van der Waals surface area contributed by atoms with Crippen molar-refractivity contribution < 1.29 is 4.79 Å². The number of aryl methyl sites for hydroxylation is 2. The van der Waals surface area contributed by atoms with Gasteiger partial charge in [0.15, 0.2) is 0 Å². The Morgan fingerprint density at radius 2 is 2.00 bits per heavy atom. The zero-order valence-corrected chi connectivity index (χ0v) is 18.5. The lowest BCUT2D eigenvalue weighted by atomic mass is 9.86. The summed E-state index contributed by atoms with van der Waals surface area (Å²) in [6, 6.07) is 13.9. The van der Waals surface area contributed by atoms with Crippen molar-refractivity contribution in [2.45, 2.75) is 45.6 Å². The number of hydrogen-bond acceptors (Lipinski definition) is 5. The van der Waals surface area contributed by atoms with E-state index in [1.165, 1.54) is 0 Å². The molecule has 0 N–H and O–H groups in total. The van der Waals surface area contributed by atoms with E-state index in [2.05, 4.69) is 21.9 Å². The molecule has 1 amide bonds. The van der Waals surface area contributed by atoms with Gasteiger partial charge >= 0.3 is 0 Å². The predicted molar refractivity (Wildman–Crippen MR) is 123 cm³/mol. The number of pyridine rings is 1. The van der Waals surface area contributed by atoms with Crippen molar-refractivity contribution in [3.63, 3.8) is 0 Å². The van der Waals surface area contributed by atoms with E-state index < -0.39 is 0 Å². The molecule has 1 fully saturated rings. The maximum Gasteiger partial charge on any atom is 0.254 e. The zero-order valence-electron chi connectivity index (χ0n) is 18.5. The number of carbonyl (C=O) groups is 1. The molecular formula is C26H27N5O. The minimum Gasteiger partial charge on any atom is -0.335 e. The highest BCUT2D eigenvalue weighted by Crippen LogP contribution is 2.31. The van der Waals surface area contributed by atoms with Gasteiger partial charge in [0.25, 0.3) is 5.91 Å². The summed E-state index contributed by atoms with van der Waals surface area (Å²) >= 11 is 0. The van der Waals surface area contributed by atoms with Gasteiger partial charge in [-0.05, 0) is 50.3 Å². The quantitative estimate of drug-likeness (QED) is 0.597. The Hall–Kier alpha value is -3.59. The first-order valence-corrected chi connectivity index (χ1v) is 11.1. The van der Waals surface area contributed by atoms with Gasteiger partial charge in [0, 0.05) is 48.7 Å². The predicted octanol–water partition coefficient (Wildman–Crippen LogP) is 4.59. The first-order valence-electron chi connectivity index (χ1n) is 11.1. The lowest BCUT2D eigenvalue weighted by molar-refractivity contribution is 0.0499. The number of carbonyl (C=O) groups excluding carboxylic acids is 1. The van der Waals surface area contributed by atoms with Gasteiger partial charge in [0.2, 0.25) is 0 Å². The first-order chi connectivity index (χ1) is 15.6. The second kappa shape index (κ2) is 9.69. The highest BCUT2D eigenvalue weighted by Gasteiger charge is 2.33. The molecule has 3 aromatic rings. The lowest BCUT2D eigenvalue weighted by Gasteiger charge is -2.40. The van der Waals surface area contributed by atoms with Crippen LogP contribution in [-0.4, -0.2) is 38.3 Å². The molecule has 1 aliphatic rings. The number of nitriles is 1. The van der Waals surface area contributed by atoms with Crippen molar-refractivity contribution in [2.24, 2.45) is 5.92 Å². The summed E-state index contributed by atoms with van der Waals surface area (Å²) in [6.07, 6.45) is 8.44. The van der Waals surface area contributed by atoms with Gasteiger partial charge in [-0.3, -0.25) is 9.78 Å². The molecule has 0 radical (unpaired) electrons. The number of hydrogen-bond donors (Lipinski definition) is 0. The average Bonchev–Trinajstić information content (AvgIpc) is 2.83. The molecule has 2 aromatic heterocycles. The van der Waals surface area contributed by atoms with Crippen LogP contribution in [0.25, 0.3) is 11.3 Å². The molecule has 6 nitrogen and oxygen atoms in total. The molecule has 2 atom stereocenters. The second-order valence-electron chi connectivity index (χ2n) is 8.49. The molecule has 0 bridgehead atoms. The van der Waals surface area contributed by atoms with Crippen LogP contribution >= 0.6 is 0 Å². The van der Waals surface area contributed by atoms with Crippen LogP contribution in [0.3, 0.4) is 0 Å². The van der Waals surface area contributed by atoms with E-state index in [1.807, 2.05) is 54.3 Å². The third-order valence-electron chi connectivity index (χ3n) is 6.22. The van der Waals surface area contributed by atoms with E-state index in [0.29, 0.717) is 29.3 Å². The van der Waals surface area contributed by atoms with Crippen molar-refractivity contribution in [1.82, 2.24) is 19.9 Å². The fourth-order valence-corrected chi connectivity index (χ4v) is 4.50. The third kappa shape index (κ3) is 4.67. The van der Waals surface area contributed by atoms with Gasteiger partial charge < -0.3 is 4.90 Å². The van der Waals surface area contributed by atoms with Crippen LogP contribution in [0.4, 0.5) is 0 Å². The summed E-state index contributed by atoms with van der Waals surface area (Å²) in [5, 5.41) is 8.95. The minimum atomic E-state index is 0.0617. The normalized spacial score (nSPS) is 18.2. The van der Waals surface area contributed by atoms with Gasteiger partial charge in [0.1, 0.15) is 11.9 Å². The van der Waals surface area contributed by atoms with E-state index in [4.69, 9.17) is 5.26 Å². The van der Waals surface area contributed by atoms with E-state index >= 15 is 0 Å². The summed E-state index contributed by atoms with van der Waals surface area (Å²) in [5.74, 6) is 1.17. The largest absolute Gasteiger partial charge is 0.335 e. The standard InChI is InChI=1S/C26H27N5O/c1-18-8-9-21(23-7-3-4-12-28-23)22(14-18)26(32)31-13-5-6-19(2)24(31)10-11-25-29-16-20(15-27)17-30-25/h3-4,7-9,12,14,16-17,19,24H,5-6,10-11,13H2,1-2H3/t19-,24-/m1/s1. The molecule has 3 heterocycles. The van der Waals surface area contributed by atoms with Crippen molar-refractivity contribution >= 4 is 5.91 Å². The summed E-state index contributed by atoms with van der Waals surface area (Å²) in [4.78, 5) is 29.0. The molecular weight excluding hydrogens is 398 g/mol. The average molecular weight is 426 g/mol. The van der Waals surface area contributed by atoms with Crippen LogP contribution in [0.1, 0.15) is 53.5 Å². The number of likely N-dealkylation sites (tertiary alicyclic amines) is 1. The number of amides is 1. The number of rotatable bonds is 5. The van der Waals surface area contributed by atoms with Crippen LogP contribution in [0.5, 0.6) is 0 Å². The van der Waals surface area contributed by atoms with E-state index in [1.54, 1.807) is 18.6 Å². The molecule has 162 valence electrons. The summed E-state index contributed by atoms with van der Waals surface area (Å²) in [6.45, 7) is 4.98. The Balaban J connectivity index is 1.60. The molecule has 4 rings (SSSR count). The van der Waals surface area contributed by atoms with Crippen LogP contribution in [0.15, 0.2) is 55.0 Å². The summed E-state index contributed by atoms with van der Waals surface area (Å²) in [7, 11) is 0. The Morgan fingerprint density at radius 3 is 2.72 bits per heavy atom. The fraction of sp³-hybridized carbons (Fsp3) is 0.346. The Morgan fingerprint density at radius 1 is 1.19 bits per heavy atom. The van der Waals surface area contributed by atoms with Crippen molar-refractivity contribution in [2.75, 3.05) is 6.54 Å². The minimum absolute atomic E-state index is 0.0617. The van der Waals surface area contributed by atoms with Gasteiger partial charge in [-0.25, -0.2) is 9.97 Å². The lowest BCUT2D eigenvalue weighted by Crippen LogP contribution is -2.48. The van der Waals surface area contributed by atoms with Gasteiger partial charge in [0.05, 0.1) is 11.3 Å². The SMILES string of the molecule is Cc1ccc(-c2ccccn2)c(C(=O)N2CCC[C@@H](C)[C@H]2CCc2ncc(C#N)cn2)c1. The van der Waals surface area contributed by atoms with E-state index in [9.17, 15) is 4.79 Å². The molecule has 0 saturated carbocycles. The Bertz CT molecular complexity index is 1120. The maximum atomic E-state index is 13.8. The fourth-order valence-electron chi connectivity index (χ4n) is 4.50. The highest BCUT2D eigenvalue weighted by atomic mass is 16.2. The molecule has 1 aliphatic heterocycles. The molecule has 1 aromatic carbocycles. The van der Waals surface area contributed by atoms with E-state index in [-0.39, 0.29) is 11.9 Å². The first kappa shape index (κ1) is 21.6. The van der Waals surface area contributed by atoms with Gasteiger partial charge in [-0.15, -0.1) is 0 Å². The number of piperidine rings is 1. The highest BCUT2D eigenvalue weighted by molar-refractivity contribution is 6.01. The molecule has 32 heavy (non-hydrogen) atoms. The molecule has 0 spiro atoms. The van der Waals surface area contributed by atoms with Crippen molar-refractivity contribution in [1.29, 1.82) is 5.26 Å². The Labute approximate surface area is 189 Å². The van der Waals surface area contributed by atoms with Gasteiger partial charge in [-0.1, -0.05) is 30.7 Å². The number of aromatic nitrogens is 3. The smallest absolute Gasteiger partial charge is 0.254 e. The molecule has 0 aliphatic carbocycles. The summed E-state index contributed by atoms with van der Waals surface area (Å²) < 4.78 is 0. The van der Waals surface area contributed by atoms with Crippen molar-refractivity contribution in [3.05, 3.63) is 77.5 Å². The van der Waals surface area contributed by atoms with Crippen LogP contribution < -0.4 is 0 Å². The molecule has 6 heteroatoms. The second-order valence-corrected chi connectivity index (χ2v) is 8.49. The maximum absolute atomic E-state index is 13.8. The monoisotopic (exact) mass is 425 g/mol. The van der Waals surface area contributed by atoms with Crippen LogP contribution in [0.2, 0.25) is 0 Å². The topological polar surface area (TPSA) is 82.8 Å². The number of nitrogens with zero attached hydrogens (tertiary/aromatic N) is 5. The van der Waals surface area contributed by atoms with Crippen molar-refractivity contribution in [3.8, 4) is 17.3 Å². The Kier molecular flexibility index (Phi) is 6.55. The van der Waals surface area contributed by atoms with Crippen LogP contribution in [0, 0.1) is 24.2 Å². The summed E-state index contributed by atoms with van der Waals surface area (Å²) in [5.41, 5.74) is 3.90. The third-order valence-corrected chi connectivity index (χ3v) is 6.22. The number of benzene rings is 1. The molecule has 0 unspecified atom stereocenters. The van der Waals surface area contributed by atoms with Crippen LogP contribution in [-0.2, 0) is 6.42 Å². The van der Waals surface area contributed by atoms with Gasteiger partial charge in [-0.2, -0.15) is 5.26 Å². The zero-order chi connectivity index (χ0) is 22.5. The van der Waals surface area contributed by atoms with E-state index in [0.717, 1.165) is 42.6 Å².